The van der Waals surface area contributed by atoms with E-state index in [1.807, 2.05) is 0 Å². The standard InChI is InChI=1S/C14H24N4O/c1-11(18-9-7-15-8-10-18)12-16-13(19-17-12)14(2)5-3-4-6-14/h11,15H,3-10H2,1-2H3. The van der Waals surface area contributed by atoms with Gasteiger partial charge in [0.1, 0.15) is 0 Å². The van der Waals surface area contributed by atoms with Crippen LogP contribution in [-0.4, -0.2) is 41.2 Å². The Morgan fingerprint density at radius 2 is 1.95 bits per heavy atom. The van der Waals surface area contributed by atoms with E-state index < -0.39 is 0 Å². The van der Waals surface area contributed by atoms with Gasteiger partial charge >= 0.3 is 0 Å². The van der Waals surface area contributed by atoms with Crippen LogP contribution in [0.15, 0.2) is 4.52 Å². The molecule has 0 aromatic carbocycles. The molecule has 106 valence electrons. The highest BCUT2D eigenvalue weighted by Gasteiger charge is 2.36. The van der Waals surface area contributed by atoms with E-state index in [1.165, 1.54) is 25.7 Å². The Hall–Kier alpha value is -0.940. The normalized spacial score (nSPS) is 25.6. The summed E-state index contributed by atoms with van der Waals surface area (Å²) in [6.45, 7) is 8.65. The molecule has 2 heterocycles. The zero-order valence-corrected chi connectivity index (χ0v) is 12.0. The molecule has 5 nitrogen and oxygen atoms in total. The zero-order chi connectivity index (χ0) is 13.3. The number of nitrogens with one attached hydrogen (secondary N) is 1. The summed E-state index contributed by atoms with van der Waals surface area (Å²) in [5.41, 5.74) is 0.119. The summed E-state index contributed by atoms with van der Waals surface area (Å²) in [7, 11) is 0. The molecule has 3 rings (SSSR count). The van der Waals surface area contributed by atoms with Crippen molar-refractivity contribution in [3.05, 3.63) is 11.7 Å². The number of hydrogen-bond acceptors (Lipinski definition) is 5. The van der Waals surface area contributed by atoms with Gasteiger partial charge in [-0.25, -0.2) is 0 Å². The molecular weight excluding hydrogens is 240 g/mol. The second-order valence-corrected chi connectivity index (χ2v) is 6.19. The number of nitrogens with zero attached hydrogens (tertiary/aromatic N) is 3. The second-order valence-electron chi connectivity index (χ2n) is 6.19. The lowest BCUT2D eigenvalue weighted by atomic mass is 9.89. The van der Waals surface area contributed by atoms with Crippen molar-refractivity contribution in [2.75, 3.05) is 26.2 Å². The van der Waals surface area contributed by atoms with E-state index in [1.54, 1.807) is 0 Å². The molecule has 0 bridgehead atoms. The SMILES string of the molecule is CC(c1noc(C2(C)CCCC2)n1)N1CCNCC1. The molecule has 1 N–H and O–H groups in total. The van der Waals surface area contributed by atoms with Crippen LogP contribution in [0.3, 0.4) is 0 Å². The number of aromatic nitrogens is 2. The Kier molecular flexibility index (Phi) is 3.58. The summed E-state index contributed by atoms with van der Waals surface area (Å²) in [4.78, 5) is 7.12. The maximum Gasteiger partial charge on any atom is 0.232 e. The van der Waals surface area contributed by atoms with Crippen molar-refractivity contribution in [2.45, 2.75) is 51.0 Å². The van der Waals surface area contributed by atoms with Crippen LogP contribution in [0.1, 0.15) is 57.3 Å². The van der Waals surface area contributed by atoms with Crippen molar-refractivity contribution in [2.24, 2.45) is 0 Å². The van der Waals surface area contributed by atoms with Gasteiger partial charge in [0.2, 0.25) is 5.89 Å². The van der Waals surface area contributed by atoms with Gasteiger partial charge in [0.25, 0.3) is 0 Å². The van der Waals surface area contributed by atoms with Gasteiger partial charge in [-0.15, -0.1) is 0 Å². The van der Waals surface area contributed by atoms with Gasteiger partial charge < -0.3 is 9.84 Å². The minimum atomic E-state index is 0.119. The van der Waals surface area contributed by atoms with Gasteiger partial charge in [-0.3, -0.25) is 4.90 Å². The molecule has 2 fully saturated rings. The first kappa shape index (κ1) is 13.1. The fourth-order valence-electron chi connectivity index (χ4n) is 3.25. The fourth-order valence-corrected chi connectivity index (χ4v) is 3.25. The molecule has 1 unspecified atom stereocenters. The molecule has 1 saturated heterocycles. The molecule has 5 heteroatoms. The van der Waals surface area contributed by atoms with Crippen LogP contribution in [0.25, 0.3) is 0 Å². The first-order valence-corrected chi connectivity index (χ1v) is 7.48. The van der Waals surface area contributed by atoms with Crippen LogP contribution in [0.5, 0.6) is 0 Å². The third kappa shape index (κ3) is 2.54. The third-order valence-electron chi connectivity index (χ3n) is 4.74. The molecule has 0 radical (unpaired) electrons. The van der Waals surface area contributed by atoms with E-state index in [9.17, 15) is 0 Å². The summed E-state index contributed by atoms with van der Waals surface area (Å²) in [5.74, 6) is 1.70. The van der Waals surface area contributed by atoms with Crippen molar-refractivity contribution < 1.29 is 4.52 Å². The minimum Gasteiger partial charge on any atom is -0.339 e. The largest absolute Gasteiger partial charge is 0.339 e. The lowest BCUT2D eigenvalue weighted by molar-refractivity contribution is 0.176. The summed E-state index contributed by atoms with van der Waals surface area (Å²) >= 11 is 0. The molecule has 1 aliphatic heterocycles. The van der Waals surface area contributed by atoms with Crippen molar-refractivity contribution in [3.63, 3.8) is 0 Å². The molecule has 1 saturated carbocycles. The van der Waals surface area contributed by atoms with Crippen LogP contribution in [0.2, 0.25) is 0 Å². The van der Waals surface area contributed by atoms with Crippen LogP contribution < -0.4 is 5.32 Å². The molecule has 19 heavy (non-hydrogen) atoms. The monoisotopic (exact) mass is 264 g/mol. The first-order chi connectivity index (χ1) is 9.19. The van der Waals surface area contributed by atoms with E-state index in [-0.39, 0.29) is 11.5 Å². The second kappa shape index (κ2) is 5.21. The fraction of sp³-hybridized carbons (Fsp3) is 0.857. The average Bonchev–Trinajstić information content (AvgIpc) is 3.08. The Labute approximate surface area is 114 Å². The molecule has 1 aromatic heterocycles. The first-order valence-electron chi connectivity index (χ1n) is 7.48. The molecule has 2 aliphatic rings. The topological polar surface area (TPSA) is 54.2 Å². The van der Waals surface area contributed by atoms with Crippen LogP contribution >= 0.6 is 0 Å². The summed E-state index contributed by atoms with van der Waals surface area (Å²) in [6, 6.07) is 0.254. The molecular formula is C14H24N4O. The van der Waals surface area contributed by atoms with Crippen molar-refractivity contribution in [1.82, 2.24) is 20.4 Å². The van der Waals surface area contributed by atoms with E-state index >= 15 is 0 Å². The highest BCUT2D eigenvalue weighted by molar-refractivity contribution is 5.07. The van der Waals surface area contributed by atoms with Crippen LogP contribution in [0.4, 0.5) is 0 Å². The maximum atomic E-state index is 5.56. The lowest BCUT2D eigenvalue weighted by Crippen LogP contribution is -2.44. The Morgan fingerprint density at radius 1 is 1.26 bits per heavy atom. The van der Waals surface area contributed by atoms with Crippen molar-refractivity contribution in [3.8, 4) is 0 Å². The lowest BCUT2D eigenvalue weighted by Gasteiger charge is -2.30. The van der Waals surface area contributed by atoms with Crippen LogP contribution in [0, 0.1) is 0 Å². The summed E-state index contributed by atoms with van der Waals surface area (Å²) < 4.78 is 5.56. The molecule has 0 spiro atoms. The quantitative estimate of drug-likeness (QED) is 0.903. The molecule has 1 aliphatic carbocycles. The Balaban J connectivity index is 1.73. The average molecular weight is 264 g/mol. The Bertz CT molecular complexity index is 419. The van der Waals surface area contributed by atoms with E-state index in [4.69, 9.17) is 9.51 Å². The smallest absolute Gasteiger partial charge is 0.232 e. The summed E-state index contributed by atoms with van der Waals surface area (Å²) in [5, 5.41) is 7.60. The predicted molar refractivity (Wildman–Crippen MR) is 73.0 cm³/mol. The molecule has 1 aromatic rings. The van der Waals surface area contributed by atoms with E-state index in [0.29, 0.717) is 0 Å². The van der Waals surface area contributed by atoms with Crippen molar-refractivity contribution >= 4 is 0 Å². The Morgan fingerprint density at radius 3 is 2.63 bits per heavy atom. The van der Waals surface area contributed by atoms with Gasteiger partial charge in [0.05, 0.1) is 6.04 Å². The van der Waals surface area contributed by atoms with Gasteiger partial charge in [-0.2, -0.15) is 4.98 Å². The van der Waals surface area contributed by atoms with Crippen molar-refractivity contribution in [1.29, 1.82) is 0 Å². The van der Waals surface area contributed by atoms with Gasteiger partial charge in [0, 0.05) is 31.6 Å². The van der Waals surface area contributed by atoms with E-state index in [0.717, 1.165) is 37.9 Å². The number of rotatable bonds is 3. The van der Waals surface area contributed by atoms with Crippen LogP contribution in [-0.2, 0) is 5.41 Å². The molecule has 0 amide bonds. The van der Waals surface area contributed by atoms with Gasteiger partial charge in [0.15, 0.2) is 5.82 Å². The third-order valence-corrected chi connectivity index (χ3v) is 4.74. The highest BCUT2D eigenvalue weighted by Crippen LogP contribution is 2.40. The van der Waals surface area contributed by atoms with Gasteiger partial charge in [-0.1, -0.05) is 24.9 Å². The number of piperazine rings is 1. The van der Waals surface area contributed by atoms with Gasteiger partial charge in [-0.05, 0) is 19.8 Å². The summed E-state index contributed by atoms with van der Waals surface area (Å²) in [6.07, 6.45) is 4.91. The predicted octanol–water partition coefficient (Wildman–Crippen LogP) is 1.87. The maximum absolute atomic E-state index is 5.56. The minimum absolute atomic E-state index is 0.119. The molecule has 1 atom stereocenters. The zero-order valence-electron chi connectivity index (χ0n) is 12.0. The van der Waals surface area contributed by atoms with E-state index in [2.05, 4.69) is 29.2 Å². The number of hydrogen-bond donors (Lipinski definition) is 1. The highest BCUT2D eigenvalue weighted by atomic mass is 16.5.